The van der Waals surface area contributed by atoms with Crippen LogP contribution in [-0.2, 0) is 11.3 Å². The largest absolute Gasteiger partial charge is 0.378 e. The second-order valence-electron chi connectivity index (χ2n) is 5.15. The summed E-state index contributed by atoms with van der Waals surface area (Å²) in [5.41, 5.74) is 7.70. The number of ether oxygens (including phenoxy) is 1. The molecule has 1 fully saturated rings. The maximum atomic E-state index is 6.08. The molecule has 1 aliphatic rings. The molecule has 0 bridgehead atoms. The number of halogens is 2. The van der Waals surface area contributed by atoms with Gasteiger partial charge in [-0.15, -0.1) is 0 Å². The maximum absolute atomic E-state index is 6.08. The molecule has 0 aliphatic carbocycles. The first-order chi connectivity index (χ1) is 9.65. The Morgan fingerprint density at radius 2 is 2.10 bits per heavy atom. The minimum absolute atomic E-state index is 0.323. The van der Waals surface area contributed by atoms with Crippen LogP contribution in [0.15, 0.2) is 12.1 Å². The minimum Gasteiger partial charge on any atom is -0.378 e. The molecule has 108 valence electrons. The van der Waals surface area contributed by atoms with Crippen LogP contribution in [0.1, 0.15) is 25.7 Å². The van der Waals surface area contributed by atoms with Crippen molar-refractivity contribution in [3.8, 4) is 0 Å². The summed E-state index contributed by atoms with van der Waals surface area (Å²) in [6.07, 6.45) is 4.80. The molecular weight excluding hydrogens is 297 g/mol. The van der Waals surface area contributed by atoms with Gasteiger partial charge in [0.25, 0.3) is 0 Å². The quantitative estimate of drug-likeness (QED) is 0.935. The van der Waals surface area contributed by atoms with Gasteiger partial charge in [0, 0.05) is 13.2 Å². The Hall–Kier alpha value is -0.970. The molecule has 3 rings (SSSR count). The molecule has 1 atom stereocenters. The molecule has 2 heterocycles. The number of aryl methyl sites for hydroxylation is 1. The first-order valence-electron chi connectivity index (χ1n) is 6.87. The van der Waals surface area contributed by atoms with Gasteiger partial charge in [0.2, 0.25) is 5.95 Å². The lowest BCUT2D eigenvalue weighted by molar-refractivity contribution is 0.00906. The van der Waals surface area contributed by atoms with Crippen molar-refractivity contribution in [2.24, 2.45) is 0 Å². The lowest BCUT2D eigenvalue weighted by Gasteiger charge is -2.22. The molecule has 0 spiro atoms. The number of aromatic nitrogens is 2. The van der Waals surface area contributed by atoms with E-state index in [1.807, 2.05) is 10.6 Å². The molecule has 2 N–H and O–H groups in total. The topological polar surface area (TPSA) is 53.1 Å². The van der Waals surface area contributed by atoms with Gasteiger partial charge in [-0.2, -0.15) is 0 Å². The van der Waals surface area contributed by atoms with E-state index in [0.29, 0.717) is 22.1 Å². The van der Waals surface area contributed by atoms with E-state index in [1.165, 1.54) is 12.8 Å². The molecule has 0 saturated carbocycles. The summed E-state index contributed by atoms with van der Waals surface area (Å²) in [5.74, 6) is 0.495. The summed E-state index contributed by atoms with van der Waals surface area (Å²) in [5, 5.41) is 1.02. The van der Waals surface area contributed by atoms with E-state index in [1.54, 1.807) is 6.07 Å². The summed E-state index contributed by atoms with van der Waals surface area (Å²) in [6.45, 7) is 1.65. The summed E-state index contributed by atoms with van der Waals surface area (Å²) in [7, 11) is 0. The molecule has 1 unspecified atom stereocenters. The predicted octanol–water partition coefficient (Wildman–Crippen LogP) is 3.88. The van der Waals surface area contributed by atoms with Crippen LogP contribution in [0, 0.1) is 0 Å². The van der Waals surface area contributed by atoms with Gasteiger partial charge in [-0.05, 0) is 37.8 Å². The van der Waals surface area contributed by atoms with Crippen LogP contribution in [0.5, 0.6) is 0 Å². The fraction of sp³-hybridized carbons (Fsp3) is 0.500. The second-order valence-corrected chi connectivity index (χ2v) is 5.97. The van der Waals surface area contributed by atoms with Gasteiger partial charge in [0.1, 0.15) is 0 Å². The molecule has 1 aliphatic heterocycles. The van der Waals surface area contributed by atoms with E-state index in [9.17, 15) is 0 Å². The molecule has 1 aromatic carbocycles. The van der Waals surface area contributed by atoms with Crippen LogP contribution < -0.4 is 5.73 Å². The van der Waals surface area contributed by atoms with Crippen molar-refractivity contribution >= 4 is 40.2 Å². The molecule has 2 aromatic rings. The second kappa shape index (κ2) is 5.80. The monoisotopic (exact) mass is 313 g/mol. The summed E-state index contributed by atoms with van der Waals surface area (Å²) >= 11 is 12.1. The van der Waals surface area contributed by atoms with E-state index >= 15 is 0 Å². The van der Waals surface area contributed by atoms with Crippen LogP contribution in [0.25, 0.3) is 11.0 Å². The molecule has 4 nitrogen and oxygen atoms in total. The van der Waals surface area contributed by atoms with Crippen LogP contribution >= 0.6 is 23.2 Å². The Morgan fingerprint density at radius 1 is 1.30 bits per heavy atom. The number of rotatable bonds is 3. The highest BCUT2D eigenvalue weighted by Crippen LogP contribution is 2.29. The van der Waals surface area contributed by atoms with Gasteiger partial charge in [0.15, 0.2) is 0 Å². The number of hydrogen-bond acceptors (Lipinski definition) is 3. The van der Waals surface area contributed by atoms with E-state index in [-0.39, 0.29) is 0 Å². The van der Waals surface area contributed by atoms with Crippen LogP contribution in [0.4, 0.5) is 5.95 Å². The lowest BCUT2D eigenvalue weighted by Crippen LogP contribution is -2.21. The molecule has 0 radical (unpaired) electrons. The molecule has 20 heavy (non-hydrogen) atoms. The Kier molecular flexibility index (Phi) is 4.06. The fourth-order valence-corrected chi connectivity index (χ4v) is 3.00. The molecule has 1 saturated heterocycles. The highest BCUT2D eigenvalue weighted by Gasteiger charge is 2.16. The maximum Gasteiger partial charge on any atom is 0.201 e. The van der Waals surface area contributed by atoms with Gasteiger partial charge in [-0.3, -0.25) is 0 Å². The third-order valence-corrected chi connectivity index (χ3v) is 4.49. The minimum atomic E-state index is 0.323. The standard InChI is InChI=1S/C14H17Cl2N3O/c15-10-7-12-13(8-11(10)16)19(14(17)18-12)5-4-9-3-1-2-6-20-9/h7-9H,1-6H2,(H2,17,18). The predicted molar refractivity (Wildman–Crippen MR) is 82.4 cm³/mol. The van der Waals surface area contributed by atoms with E-state index < -0.39 is 0 Å². The van der Waals surface area contributed by atoms with Crippen molar-refractivity contribution in [1.29, 1.82) is 0 Å². The van der Waals surface area contributed by atoms with E-state index in [0.717, 1.165) is 37.0 Å². The number of nitrogens with zero attached hydrogens (tertiary/aromatic N) is 2. The van der Waals surface area contributed by atoms with Gasteiger partial charge in [-0.1, -0.05) is 23.2 Å². The molecular formula is C14H17Cl2N3O. The fourth-order valence-electron chi connectivity index (χ4n) is 2.68. The Bertz CT molecular complexity index is 620. The highest BCUT2D eigenvalue weighted by molar-refractivity contribution is 6.42. The van der Waals surface area contributed by atoms with Crippen LogP contribution in [-0.4, -0.2) is 22.3 Å². The number of fused-ring (bicyclic) bond motifs is 1. The SMILES string of the molecule is Nc1nc2cc(Cl)c(Cl)cc2n1CCC1CCCCO1. The summed E-state index contributed by atoms with van der Waals surface area (Å²) < 4.78 is 7.73. The first kappa shape index (κ1) is 14.0. The average Bonchev–Trinajstić information content (AvgIpc) is 2.73. The van der Waals surface area contributed by atoms with Crippen molar-refractivity contribution < 1.29 is 4.74 Å². The number of imidazole rings is 1. The van der Waals surface area contributed by atoms with E-state index in [4.69, 9.17) is 33.7 Å². The Morgan fingerprint density at radius 3 is 2.85 bits per heavy atom. The van der Waals surface area contributed by atoms with Gasteiger partial charge >= 0.3 is 0 Å². The number of benzene rings is 1. The zero-order valence-corrected chi connectivity index (χ0v) is 12.6. The number of anilines is 1. The highest BCUT2D eigenvalue weighted by atomic mass is 35.5. The Labute approximate surface area is 127 Å². The van der Waals surface area contributed by atoms with Gasteiger partial charge in [-0.25, -0.2) is 4.98 Å². The third-order valence-electron chi connectivity index (χ3n) is 3.77. The smallest absolute Gasteiger partial charge is 0.201 e. The van der Waals surface area contributed by atoms with Crippen LogP contribution in [0.2, 0.25) is 10.0 Å². The molecule has 6 heteroatoms. The number of nitrogen functional groups attached to an aromatic ring is 1. The third kappa shape index (κ3) is 2.73. The van der Waals surface area contributed by atoms with Crippen molar-refractivity contribution in [2.75, 3.05) is 12.3 Å². The normalized spacial score (nSPS) is 19.6. The molecule has 0 amide bonds. The van der Waals surface area contributed by atoms with Crippen molar-refractivity contribution in [3.63, 3.8) is 0 Å². The van der Waals surface area contributed by atoms with Crippen molar-refractivity contribution in [1.82, 2.24) is 9.55 Å². The Balaban J connectivity index is 1.83. The summed E-state index contributed by atoms with van der Waals surface area (Å²) in [4.78, 5) is 4.34. The molecule has 1 aromatic heterocycles. The van der Waals surface area contributed by atoms with Gasteiger partial charge < -0.3 is 15.0 Å². The number of hydrogen-bond donors (Lipinski definition) is 1. The average molecular weight is 314 g/mol. The zero-order chi connectivity index (χ0) is 14.1. The van der Waals surface area contributed by atoms with E-state index in [2.05, 4.69) is 4.98 Å². The number of nitrogens with two attached hydrogens (primary N) is 1. The lowest BCUT2D eigenvalue weighted by atomic mass is 10.1. The summed E-state index contributed by atoms with van der Waals surface area (Å²) in [6, 6.07) is 3.58. The van der Waals surface area contributed by atoms with Gasteiger partial charge in [0.05, 0.1) is 27.2 Å². The zero-order valence-electron chi connectivity index (χ0n) is 11.1. The van der Waals surface area contributed by atoms with Crippen molar-refractivity contribution in [3.05, 3.63) is 22.2 Å². The first-order valence-corrected chi connectivity index (χ1v) is 7.63. The van der Waals surface area contributed by atoms with Crippen LogP contribution in [0.3, 0.4) is 0 Å². The van der Waals surface area contributed by atoms with Crippen molar-refractivity contribution in [2.45, 2.75) is 38.3 Å².